The molecule has 0 amide bonds. The molecule has 3 heteroatoms. The minimum Gasteiger partial charge on any atom is -0.496 e. The van der Waals surface area contributed by atoms with Gasteiger partial charge in [-0.25, -0.2) is 0 Å². The fourth-order valence-corrected chi connectivity index (χ4v) is 3.99. The third-order valence-electron chi connectivity index (χ3n) is 4.89. The first-order chi connectivity index (χ1) is 9.56. The molecule has 4 unspecified atom stereocenters. The van der Waals surface area contributed by atoms with Crippen LogP contribution < -0.4 is 10.1 Å². The number of rotatable bonds is 5. The van der Waals surface area contributed by atoms with Crippen molar-refractivity contribution in [2.45, 2.75) is 52.1 Å². The lowest BCUT2D eigenvalue weighted by molar-refractivity contribution is 0.327. The Morgan fingerprint density at radius 3 is 2.70 bits per heavy atom. The van der Waals surface area contributed by atoms with Crippen LogP contribution in [-0.4, -0.2) is 13.2 Å². The van der Waals surface area contributed by atoms with E-state index >= 15 is 0 Å². The second kappa shape index (κ2) is 6.95. The average molecular weight is 340 g/mol. The van der Waals surface area contributed by atoms with Gasteiger partial charge in [-0.3, -0.25) is 0 Å². The topological polar surface area (TPSA) is 21.3 Å². The van der Waals surface area contributed by atoms with E-state index in [-0.39, 0.29) is 0 Å². The lowest BCUT2D eigenvalue weighted by Crippen LogP contribution is -2.34. The summed E-state index contributed by atoms with van der Waals surface area (Å²) in [5, 5.41) is 3.81. The van der Waals surface area contributed by atoms with E-state index in [1.807, 2.05) is 6.07 Å². The lowest BCUT2D eigenvalue weighted by Gasteiger charge is -2.25. The van der Waals surface area contributed by atoms with Crippen LogP contribution in [-0.2, 0) is 0 Å². The van der Waals surface area contributed by atoms with E-state index in [2.05, 4.69) is 54.2 Å². The van der Waals surface area contributed by atoms with Crippen LogP contribution in [0.25, 0.3) is 0 Å². The number of hydrogen-bond donors (Lipinski definition) is 1. The highest BCUT2D eigenvalue weighted by atomic mass is 79.9. The highest BCUT2D eigenvalue weighted by Gasteiger charge is 2.32. The molecule has 0 spiro atoms. The molecule has 0 saturated heterocycles. The highest BCUT2D eigenvalue weighted by Crippen LogP contribution is 2.35. The van der Waals surface area contributed by atoms with Gasteiger partial charge in [-0.1, -0.05) is 26.3 Å². The minimum absolute atomic E-state index is 0.375. The van der Waals surface area contributed by atoms with E-state index in [0.717, 1.165) is 22.1 Å². The van der Waals surface area contributed by atoms with Crippen molar-refractivity contribution in [3.63, 3.8) is 0 Å². The molecule has 0 heterocycles. The monoisotopic (exact) mass is 339 g/mol. The molecule has 0 bridgehead atoms. The average Bonchev–Trinajstić information content (AvgIpc) is 2.79. The maximum Gasteiger partial charge on any atom is 0.133 e. The van der Waals surface area contributed by atoms with Crippen LogP contribution in [0.3, 0.4) is 0 Å². The molecule has 2 rings (SSSR count). The van der Waals surface area contributed by atoms with Crippen molar-refractivity contribution in [3.05, 3.63) is 28.2 Å². The molecule has 1 fully saturated rings. The van der Waals surface area contributed by atoms with E-state index in [1.165, 1.54) is 24.8 Å². The van der Waals surface area contributed by atoms with Gasteiger partial charge in [-0.15, -0.1) is 0 Å². The quantitative estimate of drug-likeness (QED) is 0.820. The Hall–Kier alpha value is -0.540. The molecular weight excluding hydrogens is 314 g/mol. The van der Waals surface area contributed by atoms with Gasteiger partial charge in [0.15, 0.2) is 0 Å². The first kappa shape index (κ1) is 15.8. The molecule has 20 heavy (non-hydrogen) atoms. The molecule has 1 N–H and O–H groups in total. The second-order valence-corrected chi connectivity index (χ2v) is 6.85. The van der Waals surface area contributed by atoms with Crippen LogP contribution in [0.2, 0.25) is 0 Å². The normalized spacial score (nSPS) is 27.6. The Morgan fingerprint density at radius 1 is 1.40 bits per heavy atom. The Kier molecular flexibility index (Phi) is 5.50. The van der Waals surface area contributed by atoms with Gasteiger partial charge in [0.1, 0.15) is 5.75 Å². The largest absolute Gasteiger partial charge is 0.496 e. The molecular formula is C17H26BrNO. The van der Waals surface area contributed by atoms with Crippen LogP contribution in [0.5, 0.6) is 5.75 Å². The van der Waals surface area contributed by atoms with Gasteiger partial charge in [0, 0.05) is 12.1 Å². The van der Waals surface area contributed by atoms with Gasteiger partial charge >= 0.3 is 0 Å². The first-order valence-corrected chi connectivity index (χ1v) is 8.45. The lowest BCUT2D eigenvalue weighted by atomic mass is 9.93. The molecule has 1 aromatic rings. The Balaban J connectivity index is 2.01. The Labute approximate surface area is 131 Å². The predicted octanol–water partition coefficient (Wildman–Crippen LogP) is 4.93. The third kappa shape index (κ3) is 3.37. The number of nitrogens with one attached hydrogen (secondary N) is 1. The number of methoxy groups -OCH3 is 1. The van der Waals surface area contributed by atoms with Gasteiger partial charge < -0.3 is 10.1 Å². The zero-order valence-corrected chi connectivity index (χ0v) is 14.5. The summed E-state index contributed by atoms with van der Waals surface area (Å²) in [7, 11) is 1.70. The standard InChI is InChI=1S/C17H26BrNO/c1-5-13-6-8-16(11(13)2)19-12(3)14-7-9-17(20-4)15(18)10-14/h7,9-13,16,19H,5-6,8H2,1-4H3. The summed E-state index contributed by atoms with van der Waals surface area (Å²) in [5.74, 6) is 2.56. The fraction of sp³-hybridized carbons (Fsp3) is 0.647. The van der Waals surface area contributed by atoms with Gasteiger partial charge in [-0.05, 0) is 65.2 Å². The minimum atomic E-state index is 0.375. The van der Waals surface area contributed by atoms with Crippen LogP contribution in [0.4, 0.5) is 0 Å². The maximum absolute atomic E-state index is 5.29. The zero-order chi connectivity index (χ0) is 14.7. The van der Waals surface area contributed by atoms with Gasteiger partial charge in [0.25, 0.3) is 0 Å². The molecule has 112 valence electrons. The van der Waals surface area contributed by atoms with Crippen molar-refractivity contribution in [1.82, 2.24) is 5.32 Å². The SMILES string of the molecule is CCC1CCC(NC(C)c2ccc(OC)c(Br)c2)C1C. The summed E-state index contributed by atoms with van der Waals surface area (Å²) in [6.07, 6.45) is 3.98. The number of hydrogen-bond acceptors (Lipinski definition) is 2. The summed E-state index contributed by atoms with van der Waals surface area (Å²) in [5.41, 5.74) is 1.31. The molecule has 2 nitrogen and oxygen atoms in total. The van der Waals surface area contributed by atoms with Crippen LogP contribution >= 0.6 is 15.9 Å². The molecule has 0 radical (unpaired) electrons. The molecule has 4 atom stereocenters. The summed E-state index contributed by atoms with van der Waals surface area (Å²) in [6, 6.07) is 7.37. The number of halogens is 1. The summed E-state index contributed by atoms with van der Waals surface area (Å²) in [6.45, 7) is 6.96. The molecule has 0 aliphatic heterocycles. The summed E-state index contributed by atoms with van der Waals surface area (Å²) < 4.78 is 6.32. The third-order valence-corrected chi connectivity index (χ3v) is 5.51. The van der Waals surface area contributed by atoms with Gasteiger partial charge in [0.2, 0.25) is 0 Å². The predicted molar refractivity (Wildman–Crippen MR) is 88.2 cm³/mol. The summed E-state index contributed by atoms with van der Waals surface area (Å²) >= 11 is 3.57. The highest BCUT2D eigenvalue weighted by molar-refractivity contribution is 9.10. The molecule has 1 aliphatic carbocycles. The van der Waals surface area contributed by atoms with Crippen molar-refractivity contribution in [2.75, 3.05) is 7.11 Å². The molecule has 0 aromatic heterocycles. The van der Waals surface area contributed by atoms with Gasteiger partial charge in [0.05, 0.1) is 11.6 Å². The second-order valence-electron chi connectivity index (χ2n) is 5.99. The van der Waals surface area contributed by atoms with E-state index in [0.29, 0.717) is 12.1 Å². The molecule has 1 aliphatic rings. The van der Waals surface area contributed by atoms with E-state index < -0.39 is 0 Å². The van der Waals surface area contributed by atoms with E-state index in [4.69, 9.17) is 4.74 Å². The molecule has 1 aromatic carbocycles. The van der Waals surface area contributed by atoms with Crippen LogP contribution in [0.15, 0.2) is 22.7 Å². The maximum atomic E-state index is 5.29. The van der Waals surface area contributed by atoms with Crippen molar-refractivity contribution in [1.29, 1.82) is 0 Å². The van der Waals surface area contributed by atoms with Crippen molar-refractivity contribution in [3.8, 4) is 5.75 Å². The fourth-order valence-electron chi connectivity index (χ4n) is 3.43. The summed E-state index contributed by atoms with van der Waals surface area (Å²) in [4.78, 5) is 0. The molecule has 1 saturated carbocycles. The zero-order valence-electron chi connectivity index (χ0n) is 12.9. The van der Waals surface area contributed by atoms with E-state index in [9.17, 15) is 0 Å². The smallest absolute Gasteiger partial charge is 0.133 e. The van der Waals surface area contributed by atoms with Crippen molar-refractivity contribution < 1.29 is 4.74 Å². The van der Waals surface area contributed by atoms with Crippen LogP contribution in [0.1, 0.15) is 51.6 Å². The Morgan fingerprint density at radius 2 is 2.15 bits per heavy atom. The Bertz CT molecular complexity index is 449. The van der Waals surface area contributed by atoms with Crippen molar-refractivity contribution in [2.24, 2.45) is 11.8 Å². The van der Waals surface area contributed by atoms with Gasteiger partial charge in [-0.2, -0.15) is 0 Å². The number of ether oxygens (including phenoxy) is 1. The van der Waals surface area contributed by atoms with Crippen LogP contribution in [0, 0.1) is 11.8 Å². The first-order valence-electron chi connectivity index (χ1n) is 7.66. The van der Waals surface area contributed by atoms with E-state index in [1.54, 1.807) is 7.11 Å². The number of benzene rings is 1. The van der Waals surface area contributed by atoms with Crippen molar-refractivity contribution >= 4 is 15.9 Å².